The molecule has 0 rings (SSSR count). The van der Waals surface area contributed by atoms with E-state index in [1.165, 1.54) is 7.11 Å². The number of alkyl halides is 2. The van der Waals surface area contributed by atoms with Crippen molar-refractivity contribution >= 4 is 11.9 Å². The molecule has 1 N–H and O–H groups in total. The topological polar surface area (TPSA) is 55.4 Å². The summed E-state index contributed by atoms with van der Waals surface area (Å²) in [7, 11) is 1.31. The van der Waals surface area contributed by atoms with Crippen LogP contribution in [0.25, 0.3) is 0 Å². The van der Waals surface area contributed by atoms with Crippen molar-refractivity contribution in [3.8, 4) is 0 Å². The van der Waals surface area contributed by atoms with Crippen LogP contribution in [0.5, 0.6) is 0 Å². The summed E-state index contributed by atoms with van der Waals surface area (Å²) < 4.78 is 27.8. The summed E-state index contributed by atoms with van der Waals surface area (Å²) in [5.74, 6) is -1.53. The molecule has 0 atom stereocenters. The van der Waals surface area contributed by atoms with Crippen molar-refractivity contribution in [2.45, 2.75) is 32.1 Å². The van der Waals surface area contributed by atoms with Crippen molar-refractivity contribution in [1.29, 1.82) is 0 Å². The number of hydrogen-bond acceptors (Lipinski definition) is 3. The van der Waals surface area contributed by atoms with Gasteiger partial charge in [-0.25, -0.2) is 0 Å². The Hall–Kier alpha value is -1.20. The first-order valence-electron chi connectivity index (χ1n) is 4.70. The Bertz CT molecular complexity index is 210. The molecule has 0 saturated heterocycles. The number of esters is 1. The standard InChI is InChI=1S/C9H15F2NO3/c1-15-7(13)5-3-2-4-6-12-9(14)8(10)11/h8H,2-6H2,1H3,(H,12,14). The van der Waals surface area contributed by atoms with Gasteiger partial charge in [0.05, 0.1) is 7.11 Å². The van der Waals surface area contributed by atoms with Crippen LogP contribution in [0.15, 0.2) is 0 Å². The predicted octanol–water partition coefficient (Wildman–Crippen LogP) is 1.10. The van der Waals surface area contributed by atoms with E-state index in [1.807, 2.05) is 0 Å². The predicted molar refractivity (Wildman–Crippen MR) is 49.5 cm³/mol. The van der Waals surface area contributed by atoms with E-state index < -0.39 is 12.3 Å². The van der Waals surface area contributed by atoms with Gasteiger partial charge in [-0.15, -0.1) is 0 Å². The highest BCUT2D eigenvalue weighted by Gasteiger charge is 2.13. The van der Waals surface area contributed by atoms with Crippen molar-refractivity contribution in [3.05, 3.63) is 0 Å². The number of ether oxygens (including phenoxy) is 1. The van der Waals surface area contributed by atoms with E-state index in [2.05, 4.69) is 10.1 Å². The highest BCUT2D eigenvalue weighted by Crippen LogP contribution is 2.00. The van der Waals surface area contributed by atoms with Crippen molar-refractivity contribution in [2.24, 2.45) is 0 Å². The van der Waals surface area contributed by atoms with Gasteiger partial charge in [-0.3, -0.25) is 9.59 Å². The molecule has 15 heavy (non-hydrogen) atoms. The largest absolute Gasteiger partial charge is 0.469 e. The van der Waals surface area contributed by atoms with Crippen molar-refractivity contribution in [2.75, 3.05) is 13.7 Å². The Labute approximate surface area is 87.0 Å². The Kier molecular flexibility index (Phi) is 7.49. The maximum atomic E-state index is 11.7. The molecule has 0 spiro atoms. The van der Waals surface area contributed by atoms with Gasteiger partial charge in [-0.2, -0.15) is 8.78 Å². The molecule has 0 aliphatic carbocycles. The first-order valence-corrected chi connectivity index (χ1v) is 4.70. The van der Waals surface area contributed by atoms with Crippen LogP contribution in [-0.4, -0.2) is 32.0 Å². The van der Waals surface area contributed by atoms with Gasteiger partial charge in [0.1, 0.15) is 0 Å². The van der Waals surface area contributed by atoms with Crippen molar-refractivity contribution < 1.29 is 23.1 Å². The number of amides is 1. The van der Waals surface area contributed by atoms with Gasteiger partial charge in [0.2, 0.25) is 0 Å². The number of hydrogen-bond donors (Lipinski definition) is 1. The van der Waals surface area contributed by atoms with Crippen LogP contribution in [0.2, 0.25) is 0 Å². The second-order valence-corrected chi connectivity index (χ2v) is 2.98. The zero-order valence-corrected chi connectivity index (χ0v) is 8.59. The third-order valence-electron chi connectivity index (χ3n) is 1.78. The van der Waals surface area contributed by atoms with Gasteiger partial charge in [-0.05, 0) is 12.8 Å². The number of nitrogens with one attached hydrogen (secondary N) is 1. The Morgan fingerprint density at radius 2 is 1.93 bits per heavy atom. The maximum absolute atomic E-state index is 11.7. The van der Waals surface area contributed by atoms with Gasteiger partial charge in [-0.1, -0.05) is 6.42 Å². The Morgan fingerprint density at radius 3 is 2.47 bits per heavy atom. The first-order chi connectivity index (χ1) is 7.07. The molecule has 1 amide bonds. The molecule has 6 heteroatoms. The molecule has 0 bridgehead atoms. The molecule has 0 aliphatic heterocycles. The monoisotopic (exact) mass is 223 g/mol. The number of rotatable bonds is 7. The molecule has 4 nitrogen and oxygen atoms in total. The van der Waals surface area contributed by atoms with E-state index in [-0.39, 0.29) is 12.5 Å². The molecular formula is C9H15F2NO3. The summed E-state index contributed by atoms with van der Waals surface area (Å²) >= 11 is 0. The molecule has 0 saturated carbocycles. The molecule has 0 fully saturated rings. The Morgan fingerprint density at radius 1 is 1.27 bits per heavy atom. The molecule has 88 valence electrons. The smallest absolute Gasteiger partial charge is 0.315 e. The van der Waals surface area contributed by atoms with Crippen LogP contribution in [-0.2, 0) is 14.3 Å². The second kappa shape index (κ2) is 8.14. The summed E-state index contributed by atoms with van der Waals surface area (Å²) in [6.07, 6.45) is -0.731. The lowest BCUT2D eigenvalue weighted by Gasteiger charge is -2.03. The van der Waals surface area contributed by atoms with E-state index >= 15 is 0 Å². The highest BCUT2D eigenvalue weighted by molar-refractivity contribution is 5.78. The minimum atomic E-state index is -2.96. The zero-order chi connectivity index (χ0) is 11.7. The van der Waals surface area contributed by atoms with Gasteiger partial charge >= 0.3 is 12.4 Å². The van der Waals surface area contributed by atoms with Gasteiger partial charge < -0.3 is 10.1 Å². The van der Waals surface area contributed by atoms with Crippen molar-refractivity contribution in [1.82, 2.24) is 5.32 Å². The Balaban J connectivity index is 3.25. The first kappa shape index (κ1) is 13.8. The number of carbonyl (C=O) groups excluding carboxylic acids is 2. The summed E-state index contributed by atoms with van der Waals surface area (Å²) in [6, 6.07) is 0. The molecule has 0 radical (unpaired) electrons. The molecule has 0 aromatic heterocycles. The van der Waals surface area contributed by atoms with E-state index in [0.717, 1.165) is 0 Å². The molecule has 0 aliphatic rings. The SMILES string of the molecule is COC(=O)CCCCCNC(=O)C(F)F. The third kappa shape index (κ3) is 7.84. The lowest BCUT2D eigenvalue weighted by molar-refractivity contribution is -0.140. The number of halogens is 2. The summed E-state index contributed by atoms with van der Waals surface area (Å²) in [6.45, 7) is 0.213. The molecule has 0 aromatic rings. The fourth-order valence-electron chi connectivity index (χ4n) is 0.962. The average Bonchev–Trinajstić information content (AvgIpc) is 2.22. The minimum Gasteiger partial charge on any atom is -0.469 e. The van der Waals surface area contributed by atoms with Crippen LogP contribution >= 0.6 is 0 Å². The maximum Gasteiger partial charge on any atom is 0.315 e. The van der Waals surface area contributed by atoms with Crippen LogP contribution in [0, 0.1) is 0 Å². The fourth-order valence-corrected chi connectivity index (χ4v) is 0.962. The molecular weight excluding hydrogens is 208 g/mol. The quantitative estimate of drug-likeness (QED) is 0.519. The molecule has 0 heterocycles. The number of methoxy groups -OCH3 is 1. The summed E-state index contributed by atoms with van der Waals surface area (Å²) in [5.41, 5.74) is 0. The van der Waals surface area contributed by atoms with Crippen LogP contribution in [0.3, 0.4) is 0 Å². The average molecular weight is 223 g/mol. The third-order valence-corrected chi connectivity index (χ3v) is 1.78. The normalized spacial score (nSPS) is 10.1. The van der Waals surface area contributed by atoms with E-state index in [1.54, 1.807) is 0 Å². The highest BCUT2D eigenvalue weighted by atomic mass is 19.3. The fraction of sp³-hybridized carbons (Fsp3) is 0.778. The minimum absolute atomic E-state index is 0.213. The summed E-state index contributed by atoms with van der Waals surface area (Å²) in [5, 5.41) is 2.08. The summed E-state index contributed by atoms with van der Waals surface area (Å²) in [4.78, 5) is 21.0. The van der Waals surface area contributed by atoms with Gasteiger partial charge in [0, 0.05) is 13.0 Å². The van der Waals surface area contributed by atoms with Crippen LogP contribution < -0.4 is 5.32 Å². The van der Waals surface area contributed by atoms with Crippen LogP contribution in [0.1, 0.15) is 25.7 Å². The molecule has 0 aromatic carbocycles. The van der Waals surface area contributed by atoms with E-state index in [0.29, 0.717) is 25.7 Å². The second-order valence-electron chi connectivity index (χ2n) is 2.98. The lowest BCUT2D eigenvalue weighted by Crippen LogP contribution is -2.30. The van der Waals surface area contributed by atoms with E-state index in [9.17, 15) is 18.4 Å². The number of unbranched alkanes of at least 4 members (excludes halogenated alkanes) is 2. The van der Waals surface area contributed by atoms with Gasteiger partial charge in [0.25, 0.3) is 5.91 Å². The van der Waals surface area contributed by atoms with Crippen LogP contribution in [0.4, 0.5) is 8.78 Å². The zero-order valence-electron chi connectivity index (χ0n) is 8.59. The number of carbonyl (C=O) groups is 2. The molecule has 0 unspecified atom stereocenters. The van der Waals surface area contributed by atoms with Crippen molar-refractivity contribution in [3.63, 3.8) is 0 Å². The lowest BCUT2D eigenvalue weighted by atomic mass is 10.2. The van der Waals surface area contributed by atoms with E-state index in [4.69, 9.17) is 0 Å². The van der Waals surface area contributed by atoms with Gasteiger partial charge in [0.15, 0.2) is 0 Å².